The molecular formula is C55H88N10O16. The number of nitrogens with two attached hydrogens (primary N) is 4. The summed E-state index contributed by atoms with van der Waals surface area (Å²) in [6, 6.07) is 0.415. The van der Waals surface area contributed by atoms with E-state index in [9.17, 15) is 59.4 Å². The normalized spacial score (nSPS) is 27.6. The molecule has 5 amide bonds. The maximum absolute atomic E-state index is 15.0. The molecule has 4 bridgehead atoms. The van der Waals surface area contributed by atoms with E-state index in [0.29, 0.717) is 38.0 Å². The number of carbonyl (C=O) groups is 6. The van der Waals surface area contributed by atoms with Crippen molar-refractivity contribution in [2.75, 3.05) is 39.9 Å². The zero-order valence-corrected chi connectivity index (χ0v) is 46.9. The number of nitrogens with zero attached hydrogens (tertiary/aromatic N) is 1. The third-order valence-electron chi connectivity index (χ3n) is 14.9. The molecule has 0 saturated carbocycles. The lowest BCUT2D eigenvalue weighted by Crippen LogP contribution is -2.63. The van der Waals surface area contributed by atoms with Gasteiger partial charge < -0.3 is 104 Å². The molecule has 3 heterocycles. The number of hydrogen-bond acceptors (Lipinski definition) is 21. The van der Waals surface area contributed by atoms with E-state index in [0.717, 1.165) is 24.2 Å². The lowest BCUT2D eigenvalue weighted by molar-refractivity contribution is -0.239. The third kappa shape index (κ3) is 18.3. The van der Waals surface area contributed by atoms with E-state index >= 15 is 0 Å². The molecule has 3 aliphatic heterocycles. The number of fused-ring (bicyclic) bond motifs is 5. The predicted molar refractivity (Wildman–Crippen MR) is 295 cm³/mol. The smallest absolute Gasteiger partial charge is 0.258 e. The molecule has 19 N–H and O–H groups in total. The number of aliphatic hydroxyl groups excluding tert-OH is 6. The third-order valence-corrected chi connectivity index (χ3v) is 14.9. The number of hydrogen-bond donors (Lipinski definition) is 15. The van der Waals surface area contributed by atoms with Crippen LogP contribution in [-0.4, -0.2) is 196 Å². The number of rotatable bonds is 28. The van der Waals surface area contributed by atoms with Crippen molar-refractivity contribution in [3.05, 3.63) is 47.5 Å². The summed E-state index contributed by atoms with van der Waals surface area (Å²) in [4.78, 5) is 84.9. The van der Waals surface area contributed by atoms with Crippen LogP contribution < -0.4 is 59.0 Å². The maximum atomic E-state index is 15.0. The van der Waals surface area contributed by atoms with Gasteiger partial charge in [0, 0.05) is 37.6 Å². The first-order chi connectivity index (χ1) is 38.6. The highest BCUT2D eigenvalue weighted by Gasteiger charge is 2.46. The summed E-state index contributed by atoms with van der Waals surface area (Å²) in [5.41, 5.74) is 25.4. The fraction of sp³-hybridized carbons (Fsp3) is 0.673. The molecule has 2 saturated heterocycles. The van der Waals surface area contributed by atoms with Crippen LogP contribution in [0.15, 0.2) is 36.4 Å². The number of aliphatic hydroxyl groups is 6. The molecule has 15 atom stereocenters. The van der Waals surface area contributed by atoms with Gasteiger partial charge in [0.15, 0.2) is 11.9 Å². The Kier molecular flexibility index (Phi) is 26.5. The molecule has 26 nitrogen and oxygen atoms in total. The molecule has 0 radical (unpaired) electrons. The summed E-state index contributed by atoms with van der Waals surface area (Å²) in [6.45, 7) is 4.73. The number of unbranched alkanes of at least 4 members (excludes halogenated alkanes) is 8. The van der Waals surface area contributed by atoms with Crippen molar-refractivity contribution in [2.45, 2.75) is 196 Å². The average Bonchev–Trinajstić information content (AvgIpc) is 3.46. The highest BCUT2D eigenvalue weighted by molar-refractivity contribution is 5.97. The van der Waals surface area contributed by atoms with Crippen molar-refractivity contribution in [3.8, 4) is 22.6 Å². The minimum atomic E-state index is -1.85. The Bertz CT molecular complexity index is 2390. The van der Waals surface area contributed by atoms with Gasteiger partial charge in [-0.3, -0.25) is 28.8 Å². The standard InChI is InChI=1S/C55H88N10O16/c1-5-6-7-8-9-10-11-14-22-60-23-20-41(69)62-35(15-12-13-21-56)53(77)65(4)44-32-17-19-38(79-55-43(58)48(73)46(71)40(28-67)81-55)34(26-32)33-24-31(16-18-37(33)78-54-42(57)47(72)45(70)39(27-66)80-54)25-36(50(74)61-29(2)30(3)68)63-52(76)49(59)64-51(44)75/h16-19,24,26,29,35-36,39-40,42-49,54-55,60,66-67,70-73H,5-15,20-23,25,27-28,56-59H2,1-4H3,(H,61,74)(H,62,69)(H,63,76)(H,64,75). The van der Waals surface area contributed by atoms with Crippen molar-refractivity contribution in [1.29, 1.82) is 0 Å². The Hall–Kier alpha value is -5.46. The minimum absolute atomic E-state index is 0.0208. The molecular weight excluding hydrogens is 1060 g/mol. The predicted octanol–water partition coefficient (Wildman–Crippen LogP) is -2.59. The number of likely N-dealkylation sites (N-methyl/N-ethyl adjacent to an activating group) is 1. The number of ether oxygens (including phenoxy) is 4. The van der Waals surface area contributed by atoms with Gasteiger partial charge in [0.05, 0.1) is 31.3 Å². The summed E-state index contributed by atoms with van der Waals surface area (Å²) in [6.07, 6.45) is -4.30. The van der Waals surface area contributed by atoms with E-state index in [2.05, 4.69) is 33.5 Å². The number of amides is 5. The van der Waals surface area contributed by atoms with Crippen molar-refractivity contribution < 1.29 is 78.4 Å². The van der Waals surface area contributed by atoms with Crippen molar-refractivity contribution in [3.63, 3.8) is 0 Å². The van der Waals surface area contributed by atoms with Gasteiger partial charge in [0.1, 0.15) is 66.2 Å². The van der Waals surface area contributed by atoms with Crippen LogP contribution >= 0.6 is 0 Å². The van der Waals surface area contributed by atoms with Crippen LogP contribution in [0.3, 0.4) is 0 Å². The maximum Gasteiger partial charge on any atom is 0.258 e. The first-order valence-electron chi connectivity index (χ1n) is 28.2. The first-order valence-corrected chi connectivity index (χ1v) is 28.2. The van der Waals surface area contributed by atoms with Gasteiger partial charge in [0.2, 0.25) is 36.2 Å². The van der Waals surface area contributed by atoms with Gasteiger partial charge in [-0.05, 0) is 88.0 Å². The van der Waals surface area contributed by atoms with Crippen molar-refractivity contribution in [2.24, 2.45) is 22.9 Å². The quantitative estimate of drug-likeness (QED) is 0.0389. The van der Waals surface area contributed by atoms with Crippen LogP contribution in [-0.2, 0) is 44.7 Å². The van der Waals surface area contributed by atoms with Crippen LogP contribution in [0.5, 0.6) is 11.5 Å². The van der Waals surface area contributed by atoms with Crippen molar-refractivity contribution >= 4 is 35.3 Å². The summed E-state index contributed by atoms with van der Waals surface area (Å²) >= 11 is 0. The van der Waals surface area contributed by atoms with Gasteiger partial charge in [-0.1, -0.05) is 64.0 Å². The monoisotopic (exact) mass is 1140 g/mol. The second kappa shape index (κ2) is 32.4. The van der Waals surface area contributed by atoms with Crippen LogP contribution in [0.4, 0.5) is 0 Å². The zero-order valence-electron chi connectivity index (χ0n) is 46.9. The summed E-state index contributed by atoms with van der Waals surface area (Å²) < 4.78 is 24.5. The first kappa shape index (κ1) is 66.3. The van der Waals surface area contributed by atoms with E-state index in [1.54, 1.807) is 0 Å². The Morgan fingerprint density at radius 3 is 1.88 bits per heavy atom. The molecule has 5 rings (SSSR count). The van der Waals surface area contributed by atoms with Gasteiger partial charge in [-0.2, -0.15) is 0 Å². The van der Waals surface area contributed by atoms with Gasteiger partial charge in [-0.25, -0.2) is 0 Å². The molecule has 0 spiro atoms. The summed E-state index contributed by atoms with van der Waals surface area (Å²) in [5.74, 6) is -4.62. The van der Waals surface area contributed by atoms with E-state index in [1.807, 2.05) is 0 Å². The molecule has 15 unspecified atom stereocenters. The number of ketones is 1. The van der Waals surface area contributed by atoms with E-state index in [-0.39, 0.29) is 47.5 Å². The van der Waals surface area contributed by atoms with Crippen LogP contribution in [0.25, 0.3) is 11.1 Å². The van der Waals surface area contributed by atoms with Gasteiger partial charge in [-0.15, -0.1) is 0 Å². The van der Waals surface area contributed by atoms with Crippen LogP contribution in [0.1, 0.15) is 115 Å². The second-order valence-corrected chi connectivity index (χ2v) is 21.2. The fourth-order valence-electron chi connectivity index (χ4n) is 9.79. The molecule has 26 heteroatoms. The van der Waals surface area contributed by atoms with Crippen molar-refractivity contribution in [1.82, 2.24) is 31.5 Å². The van der Waals surface area contributed by atoms with E-state index in [1.165, 1.54) is 89.4 Å². The van der Waals surface area contributed by atoms with E-state index in [4.69, 9.17) is 41.9 Å². The Morgan fingerprint density at radius 1 is 0.741 bits per heavy atom. The van der Waals surface area contributed by atoms with Gasteiger partial charge >= 0.3 is 0 Å². The highest BCUT2D eigenvalue weighted by atomic mass is 16.7. The highest BCUT2D eigenvalue weighted by Crippen LogP contribution is 2.42. The van der Waals surface area contributed by atoms with E-state index < -0.39 is 140 Å². The number of benzene rings is 2. The number of nitrogens with one attached hydrogen (secondary N) is 5. The largest absolute Gasteiger partial charge is 0.462 e. The van der Waals surface area contributed by atoms with Crippen LogP contribution in [0.2, 0.25) is 0 Å². The molecule has 0 aromatic heterocycles. The SMILES string of the molecule is CCCCCCCCCCNCCC(=O)NC(CCCCN)C(=O)N(C)C1C(=O)NC(N)C(=O)NC(C(=O)NC(C)C(C)=O)Cc2ccc(OC3OC(CO)C(O)C(O)C3N)c(c2)-c2cc1ccc2OC1OC(CO)C(O)C(O)C1N. The number of Topliss-reactive ketones (excluding diaryl/α,β-unsaturated/α-hetero) is 1. The molecule has 2 aromatic carbocycles. The Labute approximate surface area is 472 Å². The Balaban J connectivity index is 1.63. The lowest BCUT2D eigenvalue weighted by atomic mass is 9.93. The van der Waals surface area contributed by atoms with Gasteiger partial charge in [0.25, 0.3) is 5.91 Å². The zero-order chi connectivity index (χ0) is 59.5. The molecule has 2 fully saturated rings. The topological polar surface area (TPSA) is 428 Å². The molecule has 3 aliphatic rings. The summed E-state index contributed by atoms with van der Waals surface area (Å²) in [5, 5.41) is 77.2. The second-order valence-electron chi connectivity index (χ2n) is 21.2. The fourth-order valence-corrected chi connectivity index (χ4v) is 9.79. The Morgan fingerprint density at radius 2 is 1.31 bits per heavy atom. The molecule has 2 aromatic rings. The average molecular weight is 1150 g/mol. The molecule has 0 aliphatic carbocycles. The van der Waals surface area contributed by atoms with Crippen LogP contribution in [0, 0.1) is 0 Å². The molecule has 81 heavy (non-hydrogen) atoms. The summed E-state index contributed by atoms with van der Waals surface area (Å²) in [7, 11) is 1.32. The molecule has 454 valence electrons. The lowest BCUT2D eigenvalue weighted by Gasteiger charge is -2.41. The number of carbonyl (C=O) groups excluding carboxylic acids is 6. The minimum Gasteiger partial charge on any atom is -0.462 e.